The zero-order valence-electron chi connectivity index (χ0n) is 7.92. The van der Waals surface area contributed by atoms with Crippen molar-refractivity contribution in [3.05, 3.63) is 12.3 Å². The van der Waals surface area contributed by atoms with Crippen molar-refractivity contribution in [1.29, 1.82) is 0 Å². The largest absolute Gasteiger partial charge is 0.333 e. The summed E-state index contributed by atoms with van der Waals surface area (Å²) in [6, 6.07) is 0.361. The van der Waals surface area contributed by atoms with Crippen LogP contribution in [0.4, 0.5) is 0 Å². The van der Waals surface area contributed by atoms with Gasteiger partial charge in [0.2, 0.25) is 5.91 Å². The summed E-state index contributed by atoms with van der Waals surface area (Å²) >= 11 is 0. The molecule has 4 N–H and O–H groups in total. The van der Waals surface area contributed by atoms with Crippen LogP contribution in [0.1, 0.15) is 13.3 Å². The van der Waals surface area contributed by atoms with E-state index in [2.05, 4.69) is 10.6 Å². The number of nitrogens with one attached hydrogen (secondary N) is 2. The Kier molecular flexibility index (Phi) is 3.92. The fraction of sp³-hybridized carbons (Fsp3) is 0.667. The smallest absolute Gasteiger partial charge is 0.220 e. The summed E-state index contributed by atoms with van der Waals surface area (Å²) in [7, 11) is 0. The topological polar surface area (TPSA) is 67.2 Å². The van der Waals surface area contributed by atoms with E-state index in [1.54, 1.807) is 6.20 Å². The molecule has 1 rings (SSSR count). The van der Waals surface area contributed by atoms with Gasteiger partial charge < -0.3 is 16.4 Å². The van der Waals surface area contributed by atoms with Gasteiger partial charge in [-0.05, 0) is 25.4 Å². The van der Waals surface area contributed by atoms with Crippen molar-refractivity contribution in [2.45, 2.75) is 19.4 Å². The number of carbonyl (C=O) groups is 1. The Morgan fingerprint density at radius 1 is 1.77 bits per heavy atom. The van der Waals surface area contributed by atoms with Crippen molar-refractivity contribution in [1.82, 2.24) is 10.6 Å². The van der Waals surface area contributed by atoms with Crippen LogP contribution < -0.4 is 16.4 Å². The number of nitrogens with two attached hydrogens (primary N) is 1. The molecule has 0 saturated carbocycles. The summed E-state index contributed by atoms with van der Waals surface area (Å²) in [5.74, 6) is 0.539. The Bertz CT molecular complexity index is 203. The molecule has 2 atom stereocenters. The van der Waals surface area contributed by atoms with Crippen LogP contribution >= 0.6 is 0 Å². The van der Waals surface area contributed by atoms with Crippen molar-refractivity contribution < 1.29 is 4.79 Å². The fourth-order valence-electron chi connectivity index (χ4n) is 1.45. The molecular weight excluding hydrogens is 166 g/mol. The Balaban J connectivity index is 2.23. The van der Waals surface area contributed by atoms with Gasteiger partial charge in [0.1, 0.15) is 0 Å². The molecule has 0 aromatic rings. The van der Waals surface area contributed by atoms with Crippen LogP contribution in [0.5, 0.6) is 0 Å². The number of carbonyl (C=O) groups excluding carboxylic acids is 1. The maximum Gasteiger partial charge on any atom is 0.220 e. The number of hydrogen-bond acceptors (Lipinski definition) is 3. The van der Waals surface area contributed by atoms with Gasteiger partial charge >= 0.3 is 0 Å². The number of amides is 1. The van der Waals surface area contributed by atoms with Crippen molar-refractivity contribution in [2.75, 3.05) is 13.1 Å². The van der Waals surface area contributed by atoms with Gasteiger partial charge in [-0.25, -0.2) is 0 Å². The standard InChI is InChI=1S/C9H17N3O/c1-7(13)11-3-2-9-4-8(5-10)6-12-9/h2-3,8-9,12H,4-6,10H2,1H3,(H,11,13)/b3-2+/t8-,9-/m1/s1. The summed E-state index contributed by atoms with van der Waals surface area (Å²) in [5, 5.41) is 5.93. The molecule has 1 aliphatic heterocycles. The Hall–Kier alpha value is -0.870. The SMILES string of the molecule is CC(=O)N/C=C/[C@@H]1C[C@H](CN)CN1. The predicted molar refractivity (Wildman–Crippen MR) is 51.9 cm³/mol. The fourth-order valence-corrected chi connectivity index (χ4v) is 1.45. The van der Waals surface area contributed by atoms with Crippen LogP contribution in [0.3, 0.4) is 0 Å². The van der Waals surface area contributed by atoms with E-state index in [1.165, 1.54) is 6.92 Å². The normalized spacial score (nSPS) is 28.2. The van der Waals surface area contributed by atoms with E-state index < -0.39 is 0 Å². The van der Waals surface area contributed by atoms with E-state index in [1.807, 2.05) is 6.08 Å². The molecule has 0 radical (unpaired) electrons. The van der Waals surface area contributed by atoms with E-state index in [4.69, 9.17) is 5.73 Å². The highest BCUT2D eigenvalue weighted by molar-refractivity contribution is 5.73. The lowest BCUT2D eigenvalue weighted by Gasteiger charge is -2.03. The van der Waals surface area contributed by atoms with Gasteiger partial charge in [0.25, 0.3) is 0 Å². The van der Waals surface area contributed by atoms with Gasteiger partial charge in [-0.15, -0.1) is 0 Å². The van der Waals surface area contributed by atoms with E-state index in [0.717, 1.165) is 19.5 Å². The summed E-state index contributed by atoms with van der Waals surface area (Å²) in [5.41, 5.74) is 5.54. The molecule has 0 aromatic carbocycles. The van der Waals surface area contributed by atoms with Gasteiger partial charge in [-0.2, -0.15) is 0 Å². The molecule has 4 nitrogen and oxygen atoms in total. The first-order chi connectivity index (χ1) is 6.22. The lowest BCUT2D eigenvalue weighted by atomic mass is 10.1. The summed E-state index contributed by atoms with van der Waals surface area (Å²) in [6.45, 7) is 3.21. The highest BCUT2D eigenvalue weighted by Gasteiger charge is 2.20. The lowest BCUT2D eigenvalue weighted by Crippen LogP contribution is -2.21. The molecule has 0 aromatic heterocycles. The lowest BCUT2D eigenvalue weighted by molar-refractivity contribution is -0.118. The quantitative estimate of drug-likeness (QED) is 0.556. The maximum atomic E-state index is 10.5. The maximum absolute atomic E-state index is 10.5. The Morgan fingerprint density at radius 3 is 3.08 bits per heavy atom. The van der Waals surface area contributed by atoms with E-state index in [0.29, 0.717) is 12.0 Å². The van der Waals surface area contributed by atoms with Gasteiger partial charge in [0.05, 0.1) is 0 Å². The molecule has 0 bridgehead atoms. The summed E-state index contributed by atoms with van der Waals surface area (Å²) in [4.78, 5) is 10.5. The van der Waals surface area contributed by atoms with Gasteiger partial charge in [-0.1, -0.05) is 6.08 Å². The molecule has 1 aliphatic rings. The Morgan fingerprint density at radius 2 is 2.54 bits per heavy atom. The van der Waals surface area contributed by atoms with Crippen molar-refractivity contribution in [2.24, 2.45) is 11.7 Å². The second kappa shape index (κ2) is 4.99. The summed E-state index contributed by atoms with van der Waals surface area (Å²) < 4.78 is 0. The highest BCUT2D eigenvalue weighted by atomic mass is 16.1. The number of hydrogen-bond donors (Lipinski definition) is 3. The molecule has 0 spiro atoms. The molecule has 13 heavy (non-hydrogen) atoms. The highest BCUT2D eigenvalue weighted by Crippen LogP contribution is 2.12. The first kappa shape index (κ1) is 10.2. The zero-order valence-corrected chi connectivity index (χ0v) is 7.92. The van der Waals surface area contributed by atoms with Crippen molar-refractivity contribution in [3.63, 3.8) is 0 Å². The van der Waals surface area contributed by atoms with Crippen LogP contribution in [-0.4, -0.2) is 25.0 Å². The number of rotatable bonds is 3. The molecule has 1 fully saturated rings. The van der Waals surface area contributed by atoms with E-state index >= 15 is 0 Å². The van der Waals surface area contributed by atoms with E-state index in [-0.39, 0.29) is 5.91 Å². The molecule has 0 aliphatic carbocycles. The third kappa shape index (κ3) is 3.57. The van der Waals surface area contributed by atoms with E-state index in [9.17, 15) is 4.79 Å². The second-order valence-electron chi connectivity index (χ2n) is 3.41. The monoisotopic (exact) mass is 183 g/mol. The van der Waals surface area contributed by atoms with Crippen LogP contribution in [0.25, 0.3) is 0 Å². The zero-order chi connectivity index (χ0) is 9.68. The Labute approximate surface area is 78.6 Å². The third-order valence-electron chi connectivity index (χ3n) is 2.20. The van der Waals surface area contributed by atoms with Crippen LogP contribution in [-0.2, 0) is 4.79 Å². The van der Waals surface area contributed by atoms with Crippen LogP contribution in [0, 0.1) is 5.92 Å². The molecule has 74 valence electrons. The van der Waals surface area contributed by atoms with Crippen LogP contribution in [0.15, 0.2) is 12.3 Å². The minimum Gasteiger partial charge on any atom is -0.333 e. The third-order valence-corrected chi connectivity index (χ3v) is 2.20. The van der Waals surface area contributed by atoms with Gasteiger partial charge in [0.15, 0.2) is 0 Å². The average molecular weight is 183 g/mol. The van der Waals surface area contributed by atoms with Crippen molar-refractivity contribution in [3.8, 4) is 0 Å². The second-order valence-corrected chi connectivity index (χ2v) is 3.41. The first-order valence-corrected chi connectivity index (χ1v) is 4.59. The predicted octanol–water partition coefficient (Wildman–Crippen LogP) is -0.427. The molecule has 0 unspecified atom stereocenters. The molecule has 1 saturated heterocycles. The minimum atomic E-state index is -0.0374. The first-order valence-electron chi connectivity index (χ1n) is 4.59. The molecular formula is C9H17N3O. The van der Waals surface area contributed by atoms with Gasteiger partial charge in [-0.3, -0.25) is 4.79 Å². The summed E-state index contributed by atoms with van der Waals surface area (Å²) in [6.07, 6.45) is 4.72. The minimum absolute atomic E-state index is 0.0374. The average Bonchev–Trinajstić information content (AvgIpc) is 2.52. The molecule has 1 amide bonds. The van der Waals surface area contributed by atoms with Crippen LogP contribution in [0.2, 0.25) is 0 Å². The van der Waals surface area contributed by atoms with Gasteiger partial charge in [0, 0.05) is 19.2 Å². The molecule has 1 heterocycles. The molecule has 4 heteroatoms. The van der Waals surface area contributed by atoms with Crippen molar-refractivity contribution >= 4 is 5.91 Å².